The summed E-state index contributed by atoms with van der Waals surface area (Å²) >= 11 is 0. The molecule has 21 heavy (non-hydrogen) atoms. The number of benzene rings is 1. The zero-order chi connectivity index (χ0) is 14.5. The molecule has 1 aromatic heterocycles. The van der Waals surface area contributed by atoms with Crippen LogP contribution in [0.5, 0.6) is 0 Å². The predicted molar refractivity (Wildman–Crippen MR) is 86.0 cm³/mol. The third kappa shape index (κ3) is 3.94. The summed E-state index contributed by atoms with van der Waals surface area (Å²) in [6, 6.07) is 11.1. The Morgan fingerprint density at radius 1 is 1.19 bits per heavy atom. The number of rotatable bonds is 6. The van der Waals surface area contributed by atoms with Gasteiger partial charge in [0.15, 0.2) is 0 Å². The van der Waals surface area contributed by atoms with Gasteiger partial charge < -0.3 is 5.32 Å². The third-order valence-electron chi connectivity index (χ3n) is 4.61. The monoisotopic (exact) mass is 283 g/mol. The first-order valence-electron chi connectivity index (χ1n) is 8.10. The van der Waals surface area contributed by atoms with Crippen LogP contribution in [0.2, 0.25) is 0 Å². The van der Waals surface area contributed by atoms with Crippen LogP contribution in [0.25, 0.3) is 0 Å². The highest BCUT2D eigenvalue weighted by Crippen LogP contribution is 2.27. The fraction of sp³-hybridized carbons (Fsp3) is 0.500. The van der Waals surface area contributed by atoms with Crippen molar-refractivity contribution in [2.75, 3.05) is 0 Å². The molecule has 0 saturated heterocycles. The van der Waals surface area contributed by atoms with Gasteiger partial charge in [-0.05, 0) is 31.2 Å². The van der Waals surface area contributed by atoms with E-state index in [1.165, 1.54) is 36.8 Å². The summed E-state index contributed by atoms with van der Waals surface area (Å²) in [7, 11) is 0. The molecule has 3 rings (SSSR count). The van der Waals surface area contributed by atoms with Crippen LogP contribution in [-0.2, 0) is 13.1 Å². The smallest absolute Gasteiger partial charge is 0.0659 e. The predicted octanol–water partition coefficient (Wildman–Crippen LogP) is 3.60. The second-order valence-electron chi connectivity index (χ2n) is 6.25. The molecule has 1 saturated carbocycles. The Morgan fingerprint density at radius 2 is 1.95 bits per heavy atom. The molecule has 1 aliphatic carbocycles. The van der Waals surface area contributed by atoms with Crippen molar-refractivity contribution in [3.05, 3.63) is 53.9 Å². The van der Waals surface area contributed by atoms with E-state index in [0.717, 1.165) is 19.0 Å². The van der Waals surface area contributed by atoms with Crippen molar-refractivity contribution in [1.29, 1.82) is 0 Å². The molecule has 0 spiro atoms. The van der Waals surface area contributed by atoms with Gasteiger partial charge in [-0.3, -0.25) is 4.68 Å². The average Bonchev–Trinajstić information content (AvgIpc) is 3.17. The van der Waals surface area contributed by atoms with Crippen molar-refractivity contribution < 1.29 is 0 Å². The van der Waals surface area contributed by atoms with Gasteiger partial charge >= 0.3 is 0 Å². The van der Waals surface area contributed by atoms with Gasteiger partial charge in [-0.2, -0.15) is 5.10 Å². The first-order chi connectivity index (χ1) is 10.3. The van der Waals surface area contributed by atoms with Gasteiger partial charge in [-0.25, -0.2) is 0 Å². The SMILES string of the molecule is CC(NCc1cnn(Cc2ccccc2)c1)C1CCCC1. The molecular formula is C18H25N3. The second-order valence-corrected chi connectivity index (χ2v) is 6.25. The molecule has 112 valence electrons. The van der Waals surface area contributed by atoms with Gasteiger partial charge in [0.25, 0.3) is 0 Å². The first-order valence-corrected chi connectivity index (χ1v) is 8.10. The highest BCUT2D eigenvalue weighted by molar-refractivity contribution is 5.15. The zero-order valence-corrected chi connectivity index (χ0v) is 12.8. The maximum Gasteiger partial charge on any atom is 0.0659 e. The molecule has 0 radical (unpaired) electrons. The van der Waals surface area contributed by atoms with Gasteiger partial charge in [-0.1, -0.05) is 43.2 Å². The van der Waals surface area contributed by atoms with E-state index in [0.29, 0.717) is 6.04 Å². The molecule has 1 heterocycles. The molecule has 1 aliphatic rings. The minimum absolute atomic E-state index is 0.616. The Kier molecular flexibility index (Phi) is 4.71. The molecule has 3 nitrogen and oxygen atoms in total. The summed E-state index contributed by atoms with van der Waals surface area (Å²) < 4.78 is 2.02. The van der Waals surface area contributed by atoms with Crippen molar-refractivity contribution in [3.8, 4) is 0 Å². The Hall–Kier alpha value is -1.61. The van der Waals surface area contributed by atoms with E-state index in [1.54, 1.807) is 0 Å². The van der Waals surface area contributed by atoms with Crippen molar-refractivity contribution >= 4 is 0 Å². The lowest BCUT2D eigenvalue weighted by Crippen LogP contribution is -2.31. The molecule has 0 aliphatic heterocycles. The van der Waals surface area contributed by atoms with E-state index in [4.69, 9.17) is 0 Å². The topological polar surface area (TPSA) is 29.9 Å². The Bertz CT molecular complexity index is 541. The van der Waals surface area contributed by atoms with Crippen molar-refractivity contribution in [2.24, 2.45) is 5.92 Å². The van der Waals surface area contributed by atoms with Crippen LogP contribution in [0.4, 0.5) is 0 Å². The van der Waals surface area contributed by atoms with Crippen LogP contribution in [0.1, 0.15) is 43.7 Å². The third-order valence-corrected chi connectivity index (χ3v) is 4.61. The van der Waals surface area contributed by atoms with Gasteiger partial charge in [0, 0.05) is 24.3 Å². The average molecular weight is 283 g/mol. The largest absolute Gasteiger partial charge is 0.310 e. The molecule has 0 bridgehead atoms. The normalized spacial score (nSPS) is 17.2. The fourth-order valence-corrected chi connectivity index (χ4v) is 3.26. The van der Waals surface area contributed by atoms with Gasteiger partial charge in [0.1, 0.15) is 0 Å². The van der Waals surface area contributed by atoms with E-state index in [9.17, 15) is 0 Å². The van der Waals surface area contributed by atoms with Gasteiger partial charge in [-0.15, -0.1) is 0 Å². The molecular weight excluding hydrogens is 258 g/mol. The number of nitrogens with one attached hydrogen (secondary N) is 1. The number of hydrogen-bond donors (Lipinski definition) is 1. The summed E-state index contributed by atoms with van der Waals surface area (Å²) in [5, 5.41) is 8.13. The zero-order valence-electron chi connectivity index (χ0n) is 12.8. The van der Waals surface area contributed by atoms with E-state index >= 15 is 0 Å². The molecule has 1 N–H and O–H groups in total. The van der Waals surface area contributed by atoms with E-state index < -0.39 is 0 Å². The minimum Gasteiger partial charge on any atom is -0.310 e. The Labute approximate surface area is 127 Å². The van der Waals surface area contributed by atoms with Crippen molar-refractivity contribution in [3.63, 3.8) is 0 Å². The lowest BCUT2D eigenvalue weighted by molar-refractivity contribution is 0.380. The first kappa shape index (κ1) is 14.3. The minimum atomic E-state index is 0.616. The quantitative estimate of drug-likeness (QED) is 0.878. The van der Waals surface area contributed by atoms with E-state index in [-0.39, 0.29) is 0 Å². The molecule has 2 aromatic rings. The number of hydrogen-bond acceptors (Lipinski definition) is 2. The fourth-order valence-electron chi connectivity index (χ4n) is 3.26. The number of nitrogens with zero attached hydrogens (tertiary/aromatic N) is 2. The maximum absolute atomic E-state index is 4.46. The molecule has 1 unspecified atom stereocenters. The number of aromatic nitrogens is 2. The standard InChI is InChI=1S/C18H25N3/c1-15(18-9-5-6-10-18)19-11-17-12-20-21(14-17)13-16-7-3-2-4-8-16/h2-4,7-8,12,14-15,18-19H,5-6,9-11,13H2,1H3. The summed E-state index contributed by atoms with van der Waals surface area (Å²) in [6.45, 7) is 4.09. The van der Waals surface area contributed by atoms with Crippen LogP contribution in [0.3, 0.4) is 0 Å². The van der Waals surface area contributed by atoms with Crippen LogP contribution in [-0.4, -0.2) is 15.8 Å². The van der Waals surface area contributed by atoms with Gasteiger partial charge in [0.05, 0.1) is 12.7 Å². The highest BCUT2D eigenvalue weighted by atomic mass is 15.3. The van der Waals surface area contributed by atoms with E-state index in [1.807, 2.05) is 16.9 Å². The molecule has 1 aromatic carbocycles. The highest BCUT2D eigenvalue weighted by Gasteiger charge is 2.20. The van der Waals surface area contributed by atoms with Crippen molar-refractivity contribution in [1.82, 2.24) is 15.1 Å². The lowest BCUT2D eigenvalue weighted by atomic mass is 10.00. The Balaban J connectivity index is 1.50. The summed E-state index contributed by atoms with van der Waals surface area (Å²) in [5.41, 5.74) is 2.57. The Morgan fingerprint density at radius 3 is 2.71 bits per heavy atom. The summed E-state index contributed by atoms with van der Waals surface area (Å²) in [6.07, 6.45) is 9.74. The second kappa shape index (κ2) is 6.90. The van der Waals surface area contributed by atoms with Gasteiger partial charge in [0.2, 0.25) is 0 Å². The van der Waals surface area contributed by atoms with E-state index in [2.05, 4.69) is 47.8 Å². The molecule has 0 amide bonds. The maximum atomic E-state index is 4.46. The van der Waals surface area contributed by atoms with Crippen LogP contribution >= 0.6 is 0 Å². The molecule has 3 heteroatoms. The van der Waals surface area contributed by atoms with Crippen LogP contribution in [0.15, 0.2) is 42.7 Å². The summed E-state index contributed by atoms with van der Waals surface area (Å²) in [5.74, 6) is 0.865. The lowest BCUT2D eigenvalue weighted by Gasteiger charge is -2.19. The van der Waals surface area contributed by atoms with Crippen LogP contribution in [0, 0.1) is 5.92 Å². The molecule has 1 fully saturated rings. The molecule has 1 atom stereocenters. The van der Waals surface area contributed by atoms with Crippen molar-refractivity contribution in [2.45, 2.75) is 51.7 Å². The summed E-state index contributed by atoms with van der Waals surface area (Å²) in [4.78, 5) is 0. The van der Waals surface area contributed by atoms with Crippen LogP contribution < -0.4 is 5.32 Å².